The lowest BCUT2D eigenvalue weighted by molar-refractivity contribution is 0.912. The molecule has 0 spiro atoms. The highest BCUT2D eigenvalue weighted by molar-refractivity contribution is 5.85. The molecule has 0 bridgehead atoms. The van der Waals surface area contributed by atoms with Gasteiger partial charge in [-0.2, -0.15) is 0 Å². The molecule has 0 N–H and O–H groups in total. The fourth-order valence-electron chi connectivity index (χ4n) is 2.20. The van der Waals surface area contributed by atoms with Gasteiger partial charge in [0, 0.05) is 19.7 Å². The summed E-state index contributed by atoms with van der Waals surface area (Å²) in [5.74, 6) is 0. The van der Waals surface area contributed by atoms with E-state index in [1.54, 1.807) is 0 Å². The molecule has 0 atom stereocenters. The van der Waals surface area contributed by atoms with Crippen molar-refractivity contribution >= 4 is 10.8 Å². The first-order valence-corrected chi connectivity index (χ1v) is 5.76. The third-order valence-electron chi connectivity index (χ3n) is 3.01. The SMILES string of the molecule is Cn1cnc(Cc2cccc3ccccc23)c1. The number of aromatic nitrogens is 2. The van der Waals surface area contributed by atoms with Crippen molar-refractivity contribution in [3.05, 3.63) is 66.2 Å². The third kappa shape index (κ3) is 1.94. The van der Waals surface area contributed by atoms with Crippen LogP contribution in [-0.2, 0) is 13.5 Å². The summed E-state index contributed by atoms with van der Waals surface area (Å²) >= 11 is 0. The second kappa shape index (κ2) is 4.06. The number of benzene rings is 2. The Morgan fingerprint density at radius 3 is 2.71 bits per heavy atom. The van der Waals surface area contributed by atoms with Crippen LogP contribution in [0.4, 0.5) is 0 Å². The molecule has 1 aromatic heterocycles. The molecule has 0 radical (unpaired) electrons. The maximum atomic E-state index is 4.38. The van der Waals surface area contributed by atoms with Crippen LogP contribution in [0.25, 0.3) is 10.8 Å². The van der Waals surface area contributed by atoms with Gasteiger partial charge < -0.3 is 4.57 Å². The van der Waals surface area contributed by atoms with Crippen molar-refractivity contribution < 1.29 is 0 Å². The van der Waals surface area contributed by atoms with Crippen LogP contribution in [0.2, 0.25) is 0 Å². The van der Waals surface area contributed by atoms with Crippen molar-refractivity contribution in [1.29, 1.82) is 0 Å². The van der Waals surface area contributed by atoms with Crippen LogP contribution in [-0.4, -0.2) is 9.55 Å². The van der Waals surface area contributed by atoms with E-state index in [4.69, 9.17) is 0 Å². The standard InChI is InChI=1S/C15H14N2/c1-17-10-14(16-11-17)9-13-7-4-6-12-5-2-3-8-15(12)13/h2-8,10-11H,9H2,1H3. The summed E-state index contributed by atoms with van der Waals surface area (Å²) in [5, 5.41) is 2.61. The van der Waals surface area contributed by atoms with Crippen molar-refractivity contribution in [3.8, 4) is 0 Å². The Bertz CT molecular complexity index is 647. The Morgan fingerprint density at radius 2 is 1.88 bits per heavy atom. The van der Waals surface area contributed by atoms with E-state index in [0.29, 0.717) is 0 Å². The lowest BCUT2D eigenvalue weighted by atomic mass is 10.0. The molecule has 0 unspecified atom stereocenters. The summed E-state index contributed by atoms with van der Waals surface area (Å²) in [6.45, 7) is 0. The maximum Gasteiger partial charge on any atom is 0.0946 e. The van der Waals surface area contributed by atoms with Gasteiger partial charge in [0.15, 0.2) is 0 Å². The van der Waals surface area contributed by atoms with Crippen LogP contribution < -0.4 is 0 Å². The molecule has 0 aliphatic rings. The number of aryl methyl sites for hydroxylation is 1. The summed E-state index contributed by atoms with van der Waals surface area (Å²) in [7, 11) is 2.00. The van der Waals surface area contributed by atoms with E-state index in [1.807, 2.05) is 17.9 Å². The van der Waals surface area contributed by atoms with Gasteiger partial charge >= 0.3 is 0 Å². The van der Waals surface area contributed by atoms with E-state index in [9.17, 15) is 0 Å². The zero-order chi connectivity index (χ0) is 11.7. The van der Waals surface area contributed by atoms with Crippen LogP contribution in [0.1, 0.15) is 11.3 Å². The van der Waals surface area contributed by atoms with E-state index in [0.717, 1.165) is 12.1 Å². The van der Waals surface area contributed by atoms with Gasteiger partial charge in [-0.1, -0.05) is 42.5 Å². The normalized spacial score (nSPS) is 10.9. The average molecular weight is 222 g/mol. The Labute approximate surface area is 101 Å². The Morgan fingerprint density at radius 1 is 1.06 bits per heavy atom. The summed E-state index contributed by atoms with van der Waals surface area (Å²) in [6, 6.07) is 14.9. The molecule has 2 aromatic carbocycles. The van der Waals surface area contributed by atoms with E-state index in [1.165, 1.54) is 16.3 Å². The molecule has 0 aliphatic heterocycles. The monoisotopic (exact) mass is 222 g/mol. The zero-order valence-electron chi connectivity index (χ0n) is 9.80. The number of hydrogen-bond acceptors (Lipinski definition) is 1. The van der Waals surface area contributed by atoms with E-state index in [2.05, 4.69) is 53.6 Å². The molecule has 3 aromatic rings. The van der Waals surface area contributed by atoms with Crippen molar-refractivity contribution in [2.75, 3.05) is 0 Å². The first kappa shape index (κ1) is 10.1. The highest BCUT2D eigenvalue weighted by atomic mass is 15.0. The van der Waals surface area contributed by atoms with E-state index >= 15 is 0 Å². The first-order valence-electron chi connectivity index (χ1n) is 5.76. The van der Waals surface area contributed by atoms with Gasteiger partial charge in [0.2, 0.25) is 0 Å². The first-order chi connectivity index (χ1) is 8.33. The summed E-state index contributed by atoms with van der Waals surface area (Å²) in [5.41, 5.74) is 2.45. The molecule has 2 nitrogen and oxygen atoms in total. The minimum atomic E-state index is 0.891. The number of nitrogens with zero attached hydrogens (tertiary/aromatic N) is 2. The second-order valence-corrected chi connectivity index (χ2v) is 4.35. The van der Waals surface area contributed by atoms with Crippen LogP contribution in [0.3, 0.4) is 0 Å². The average Bonchev–Trinajstić information content (AvgIpc) is 2.75. The highest BCUT2D eigenvalue weighted by Crippen LogP contribution is 2.20. The smallest absolute Gasteiger partial charge is 0.0946 e. The van der Waals surface area contributed by atoms with E-state index in [-0.39, 0.29) is 0 Å². The lowest BCUT2D eigenvalue weighted by Crippen LogP contribution is -1.90. The van der Waals surface area contributed by atoms with Crippen molar-refractivity contribution in [2.45, 2.75) is 6.42 Å². The highest BCUT2D eigenvalue weighted by Gasteiger charge is 2.03. The number of rotatable bonds is 2. The topological polar surface area (TPSA) is 17.8 Å². The van der Waals surface area contributed by atoms with Gasteiger partial charge in [0.25, 0.3) is 0 Å². The summed E-state index contributed by atoms with van der Waals surface area (Å²) < 4.78 is 1.99. The Kier molecular flexibility index (Phi) is 2.41. The molecule has 0 saturated heterocycles. The van der Waals surface area contributed by atoms with Gasteiger partial charge in [-0.15, -0.1) is 0 Å². The molecule has 0 saturated carbocycles. The van der Waals surface area contributed by atoms with E-state index < -0.39 is 0 Å². The predicted molar refractivity (Wildman–Crippen MR) is 70.0 cm³/mol. The minimum Gasteiger partial charge on any atom is -0.340 e. The maximum absolute atomic E-state index is 4.38. The molecule has 0 amide bonds. The molecule has 17 heavy (non-hydrogen) atoms. The molecule has 0 aliphatic carbocycles. The quantitative estimate of drug-likeness (QED) is 0.651. The summed E-state index contributed by atoms with van der Waals surface area (Å²) in [4.78, 5) is 4.38. The third-order valence-corrected chi connectivity index (χ3v) is 3.01. The van der Waals surface area contributed by atoms with Gasteiger partial charge in [-0.3, -0.25) is 0 Å². The van der Waals surface area contributed by atoms with Crippen LogP contribution in [0, 0.1) is 0 Å². The predicted octanol–water partition coefficient (Wildman–Crippen LogP) is 3.16. The van der Waals surface area contributed by atoms with Gasteiger partial charge in [0.05, 0.1) is 12.0 Å². The van der Waals surface area contributed by atoms with Gasteiger partial charge in [0.1, 0.15) is 0 Å². The van der Waals surface area contributed by atoms with Gasteiger partial charge in [-0.05, 0) is 16.3 Å². The van der Waals surface area contributed by atoms with Crippen molar-refractivity contribution in [3.63, 3.8) is 0 Å². The van der Waals surface area contributed by atoms with Crippen LogP contribution in [0.15, 0.2) is 55.0 Å². The Hall–Kier alpha value is -2.09. The molecule has 1 heterocycles. The molecule has 0 fully saturated rings. The fraction of sp³-hybridized carbons (Fsp3) is 0.133. The zero-order valence-corrected chi connectivity index (χ0v) is 9.80. The Balaban J connectivity index is 2.05. The molecule has 84 valence electrons. The summed E-state index contributed by atoms with van der Waals surface area (Å²) in [6.07, 6.45) is 4.81. The van der Waals surface area contributed by atoms with Gasteiger partial charge in [-0.25, -0.2) is 4.98 Å². The number of fused-ring (bicyclic) bond motifs is 1. The molecular weight excluding hydrogens is 208 g/mol. The number of hydrogen-bond donors (Lipinski definition) is 0. The second-order valence-electron chi connectivity index (χ2n) is 4.35. The fourth-order valence-corrected chi connectivity index (χ4v) is 2.20. The van der Waals surface area contributed by atoms with Crippen molar-refractivity contribution in [1.82, 2.24) is 9.55 Å². The molecular formula is C15H14N2. The van der Waals surface area contributed by atoms with Crippen LogP contribution in [0.5, 0.6) is 0 Å². The minimum absolute atomic E-state index is 0.891. The largest absolute Gasteiger partial charge is 0.340 e. The lowest BCUT2D eigenvalue weighted by Gasteiger charge is -2.04. The number of imidazole rings is 1. The molecule has 2 heteroatoms. The van der Waals surface area contributed by atoms with Crippen molar-refractivity contribution in [2.24, 2.45) is 7.05 Å². The van der Waals surface area contributed by atoms with Crippen LogP contribution >= 0.6 is 0 Å². The molecule has 3 rings (SSSR count).